The Morgan fingerprint density at radius 2 is 2.50 bits per heavy atom. The Morgan fingerprint density at radius 1 is 1.67 bits per heavy atom. The van der Waals surface area contributed by atoms with Crippen molar-refractivity contribution < 1.29 is 9.84 Å². The van der Waals surface area contributed by atoms with E-state index < -0.39 is 0 Å². The summed E-state index contributed by atoms with van der Waals surface area (Å²) in [5.74, 6) is 0.0949. The third kappa shape index (κ3) is 1.13. The summed E-state index contributed by atoms with van der Waals surface area (Å²) in [6.45, 7) is 1.04. The van der Waals surface area contributed by atoms with Gasteiger partial charge in [0.25, 0.3) is 0 Å². The molecule has 0 bridgehead atoms. The molecule has 1 aromatic rings. The third-order valence-electron chi connectivity index (χ3n) is 2.29. The van der Waals surface area contributed by atoms with Crippen LogP contribution in [-0.4, -0.2) is 34.2 Å². The van der Waals surface area contributed by atoms with Crippen LogP contribution >= 0.6 is 0 Å². The Bertz CT molecular complexity index is 272. The minimum atomic E-state index is -0.375. The predicted octanol–water partition coefficient (Wildman–Crippen LogP) is -0.105. The molecule has 0 amide bonds. The molecule has 1 aliphatic heterocycles. The van der Waals surface area contributed by atoms with Gasteiger partial charge in [0.1, 0.15) is 0 Å². The lowest BCUT2D eigenvalue weighted by molar-refractivity contribution is 0.124. The molecule has 0 saturated carbocycles. The monoisotopic (exact) mass is 168 g/mol. The Kier molecular flexibility index (Phi) is 1.86. The zero-order valence-corrected chi connectivity index (χ0v) is 6.97. The lowest BCUT2D eigenvalue weighted by Crippen LogP contribution is -2.18. The smallest absolute Gasteiger partial charge is 0.0879 e. The molecule has 2 rings (SSSR count). The Labute approximate surface area is 70.8 Å². The Morgan fingerprint density at radius 3 is 3.00 bits per heavy atom. The summed E-state index contributed by atoms with van der Waals surface area (Å²) in [6.07, 6.45) is 1.36. The van der Waals surface area contributed by atoms with Crippen LogP contribution in [-0.2, 0) is 11.8 Å². The van der Waals surface area contributed by atoms with E-state index in [1.807, 2.05) is 13.1 Å². The summed E-state index contributed by atoms with van der Waals surface area (Å²) in [7, 11) is 1.88. The van der Waals surface area contributed by atoms with Crippen molar-refractivity contribution in [2.24, 2.45) is 7.05 Å². The number of aryl methyl sites for hydroxylation is 1. The number of rotatable bonds is 1. The molecule has 0 radical (unpaired) electrons. The molecule has 0 spiro atoms. The minimum Gasteiger partial charge on any atom is -0.390 e. The van der Waals surface area contributed by atoms with E-state index in [9.17, 15) is 5.11 Å². The number of aliphatic hydroxyl groups is 1. The van der Waals surface area contributed by atoms with Gasteiger partial charge >= 0.3 is 0 Å². The molecule has 1 saturated heterocycles. The highest BCUT2D eigenvalue weighted by Crippen LogP contribution is 2.24. The standard InChI is InChI=1S/C8H12N2O2/c1-10-7(2-3-9-10)6-4-12-5-8(6)11/h2-3,6,8,11H,4-5H2,1H3/t6-,8+/m0/s1. The van der Waals surface area contributed by atoms with Crippen molar-refractivity contribution in [2.45, 2.75) is 12.0 Å². The normalized spacial score (nSPS) is 29.5. The van der Waals surface area contributed by atoms with Crippen molar-refractivity contribution in [1.29, 1.82) is 0 Å². The van der Waals surface area contributed by atoms with Crippen molar-refractivity contribution in [3.8, 4) is 0 Å². The van der Waals surface area contributed by atoms with Gasteiger partial charge in [0.2, 0.25) is 0 Å². The molecule has 2 atom stereocenters. The van der Waals surface area contributed by atoms with Crippen molar-refractivity contribution in [1.82, 2.24) is 9.78 Å². The molecule has 2 heterocycles. The molecule has 1 fully saturated rings. The van der Waals surface area contributed by atoms with Gasteiger partial charge in [-0.1, -0.05) is 0 Å². The molecule has 66 valence electrons. The summed E-state index contributed by atoms with van der Waals surface area (Å²) in [4.78, 5) is 0. The van der Waals surface area contributed by atoms with Gasteiger partial charge in [-0.2, -0.15) is 5.10 Å². The maximum atomic E-state index is 9.52. The zero-order valence-electron chi connectivity index (χ0n) is 6.97. The van der Waals surface area contributed by atoms with Crippen LogP contribution in [0.2, 0.25) is 0 Å². The zero-order chi connectivity index (χ0) is 8.55. The summed E-state index contributed by atoms with van der Waals surface area (Å²) >= 11 is 0. The van der Waals surface area contributed by atoms with E-state index in [1.165, 1.54) is 0 Å². The number of aliphatic hydroxyl groups excluding tert-OH is 1. The van der Waals surface area contributed by atoms with Gasteiger partial charge in [0.05, 0.1) is 25.2 Å². The first-order chi connectivity index (χ1) is 5.79. The fourth-order valence-electron chi connectivity index (χ4n) is 1.57. The van der Waals surface area contributed by atoms with Crippen molar-refractivity contribution in [3.05, 3.63) is 18.0 Å². The molecular weight excluding hydrogens is 156 g/mol. The van der Waals surface area contributed by atoms with E-state index in [0.717, 1.165) is 5.69 Å². The van der Waals surface area contributed by atoms with Crippen LogP contribution in [0.4, 0.5) is 0 Å². The molecule has 0 aromatic carbocycles. The average molecular weight is 168 g/mol. The minimum absolute atomic E-state index is 0.0949. The van der Waals surface area contributed by atoms with Crippen LogP contribution in [0.5, 0.6) is 0 Å². The first-order valence-electron chi connectivity index (χ1n) is 4.03. The second-order valence-corrected chi connectivity index (χ2v) is 3.09. The highest BCUT2D eigenvalue weighted by molar-refractivity contribution is 5.11. The van der Waals surface area contributed by atoms with Crippen LogP contribution < -0.4 is 0 Å². The second-order valence-electron chi connectivity index (χ2n) is 3.09. The summed E-state index contributed by atoms with van der Waals surface area (Å²) in [6, 6.07) is 1.92. The third-order valence-corrected chi connectivity index (χ3v) is 2.29. The lowest BCUT2D eigenvalue weighted by atomic mass is 10.0. The maximum absolute atomic E-state index is 9.52. The van der Waals surface area contributed by atoms with E-state index >= 15 is 0 Å². The van der Waals surface area contributed by atoms with Crippen LogP contribution in [0.25, 0.3) is 0 Å². The number of nitrogens with zero attached hydrogens (tertiary/aromatic N) is 2. The van der Waals surface area contributed by atoms with Gasteiger partial charge in [-0.3, -0.25) is 4.68 Å². The van der Waals surface area contributed by atoms with Crippen LogP contribution in [0, 0.1) is 0 Å². The quantitative estimate of drug-likeness (QED) is 0.636. The van der Waals surface area contributed by atoms with E-state index in [4.69, 9.17) is 4.74 Å². The number of hydrogen-bond donors (Lipinski definition) is 1. The van der Waals surface area contributed by atoms with Gasteiger partial charge in [-0.05, 0) is 6.07 Å². The molecule has 12 heavy (non-hydrogen) atoms. The number of hydrogen-bond acceptors (Lipinski definition) is 3. The fraction of sp³-hybridized carbons (Fsp3) is 0.625. The van der Waals surface area contributed by atoms with Crippen LogP contribution in [0.15, 0.2) is 12.3 Å². The van der Waals surface area contributed by atoms with Gasteiger partial charge < -0.3 is 9.84 Å². The fourth-order valence-corrected chi connectivity index (χ4v) is 1.57. The molecular formula is C8H12N2O2. The topological polar surface area (TPSA) is 47.3 Å². The van der Waals surface area contributed by atoms with E-state index in [1.54, 1.807) is 10.9 Å². The number of ether oxygens (including phenoxy) is 1. The van der Waals surface area contributed by atoms with Gasteiger partial charge in [-0.15, -0.1) is 0 Å². The van der Waals surface area contributed by atoms with E-state index in [0.29, 0.717) is 13.2 Å². The predicted molar refractivity (Wildman–Crippen MR) is 42.8 cm³/mol. The van der Waals surface area contributed by atoms with Crippen molar-refractivity contribution in [2.75, 3.05) is 13.2 Å². The molecule has 1 aromatic heterocycles. The first-order valence-corrected chi connectivity index (χ1v) is 4.03. The number of aromatic nitrogens is 2. The van der Waals surface area contributed by atoms with Crippen molar-refractivity contribution in [3.63, 3.8) is 0 Å². The Balaban J connectivity index is 2.24. The second kappa shape index (κ2) is 2.88. The van der Waals surface area contributed by atoms with Crippen LogP contribution in [0.3, 0.4) is 0 Å². The van der Waals surface area contributed by atoms with Gasteiger partial charge in [0.15, 0.2) is 0 Å². The maximum Gasteiger partial charge on any atom is 0.0879 e. The largest absolute Gasteiger partial charge is 0.390 e. The van der Waals surface area contributed by atoms with Gasteiger partial charge in [-0.25, -0.2) is 0 Å². The molecule has 1 aliphatic rings. The average Bonchev–Trinajstić information content (AvgIpc) is 2.59. The highest BCUT2D eigenvalue weighted by Gasteiger charge is 2.29. The molecule has 1 N–H and O–H groups in total. The molecule has 4 heteroatoms. The molecule has 0 aliphatic carbocycles. The summed E-state index contributed by atoms with van der Waals surface area (Å²) in [5, 5.41) is 13.6. The Hall–Kier alpha value is -0.870. The molecule has 4 nitrogen and oxygen atoms in total. The summed E-state index contributed by atoms with van der Waals surface area (Å²) < 4.78 is 6.94. The van der Waals surface area contributed by atoms with E-state index in [-0.39, 0.29) is 12.0 Å². The SMILES string of the molecule is Cn1nccc1[C@@H]1COC[C@H]1O. The van der Waals surface area contributed by atoms with E-state index in [2.05, 4.69) is 5.10 Å². The van der Waals surface area contributed by atoms with Crippen LogP contribution in [0.1, 0.15) is 11.6 Å². The summed E-state index contributed by atoms with van der Waals surface area (Å²) in [5.41, 5.74) is 1.04. The molecule has 0 unspecified atom stereocenters. The van der Waals surface area contributed by atoms with Gasteiger partial charge in [0, 0.05) is 18.9 Å². The van der Waals surface area contributed by atoms with Crippen molar-refractivity contribution >= 4 is 0 Å². The highest BCUT2D eigenvalue weighted by atomic mass is 16.5. The first kappa shape index (κ1) is 7.76. The lowest BCUT2D eigenvalue weighted by Gasteiger charge is -2.11.